The molecule has 8 heteroatoms. The van der Waals surface area contributed by atoms with Crippen LogP contribution in [0.15, 0.2) is 4.79 Å². The van der Waals surface area contributed by atoms with Gasteiger partial charge in [-0.2, -0.15) is 0 Å². The molecule has 1 saturated carbocycles. The number of carboxylic acids is 1. The Labute approximate surface area is 155 Å². The van der Waals surface area contributed by atoms with Gasteiger partial charge in [-0.3, -0.25) is 14.4 Å². The molecule has 0 spiro atoms. The first kappa shape index (κ1) is 18.6. The Morgan fingerprint density at radius 3 is 2.69 bits per heavy atom. The van der Waals surface area contributed by atoms with Crippen molar-refractivity contribution in [2.24, 2.45) is 5.92 Å². The van der Waals surface area contributed by atoms with Crippen LogP contribution in [0.3, 0.4) is 0 Å². The van der Waals surface area contributed by atoms with Crippen molar-refractivity contribution in [1.29, 1.82) is 0 Å². The molecule has 3 rings (SSSR count). The van der Waals surface area contributed by atoms with Crippen molar-refractivity contribution >= 4 is 33.4 Å². The van der Waals surface area contributed by atoms with Crippen LogP contribution in [0.1, 0.15) is 42.5 Å². The fraction of sp³-hybridized carbons (Fsp3) is 0.556. The highest BCUT2D eigenvalue weighted by Gasteiger charge is 2.34. The minimum atomic E-state index is -0.900. The van der Waals surface area contributed by atoms with Gasteiger partial charge in [-0.15, -0.1) is 11.3 Å². The molecular weight excluding hydrogens is 354 g/mol. The van der Waals surface area contributed by atoms with Gasteiger partial charge in [0.15, 0.2) is 0 Å². The van der Waals surface area contributed by atoms with E-state index >= 15 is 0 Å². The zero-order valence-electron chi connectivity index (χ0n) is 15.2. The number of carbonyl (C=O) groups is 2. The molecule has 1 unspecified atom stereocenters. The highest BCUT2D eigenvalue weighted by molar-refractivity contribution is 7.18. The molecule has 26 heavy (non-hydrogen) atoms. The summed E-state index contributed by atoms with van der Waals surface area (Å²) in [7, 11) is 0. The van der Waals surface area contributed by atoms with Crippen molar-refractivity contribution in [2.75, 3.05) is 6.54 Å². The van der Waals surface area contributed by atoms with Crippen LogP contribution in [-0.2, 0) is 16.0 Å². The number of thiophene rings is 1. The molecule has 2 N–H and O–H groups in total. The molecule has 1 aliphatic rings. The van der Waals surface area contributed by atoms with Gasteiger partial charge in [0.1, 0.15) is 10.7 Å². The van der Waals surface area contributed by atoms with Gasteiger partial charge in [0.25, 0.3) is 5.56 Å². The van der Waals surface area contributed by atoms with E-state index in [2.05, 4.69) is 9.97 Å². The zero-order chi connectivity index (χ0) is 19.0. The number of carboxylic acid groups (broad SMARTS) is 1. The van der Waals surface area contributed by atoms with Crippen LogP contribution >= 0.6 is 11.3 Å². The van der Waals surface area contributed by atoms with Gasteiger partial charge in [-0.05, 0) is 32.3 Å². The third-order valence-corrected chi connectivity index (χ3v) is 5.97. The van der Waals surface area contributed by atoms with E-state index in [-0.39, 0.29) is 30.5 Å². The number of carbonyl (C=O) groups excluding carboxylic acids is 1. The van der Waals surface area contributed by atoms with Gasteiger partial charge in [0, 0.05) is 30.3 Å². The third kappa shape index (κ3) is 3.80. The fourth-order valence-electron chi connectivity index (χ4n) is 3.00. The lowest BCUT2D eigenvalue weighted by Gasteiger charge is -2.24. The van der Waals surface area contributed by atoms with Crippen LogP contribution in [0.5, 0.6) is 0 Å². The number of aromatic nitrogens is 2. The molecule has 2 aromatic rings. The Morgan fingerprint density at radius 1 is 1.38 bits per heavy atom. The van der Waals surface area contributed by atoms with E-state index < -0.39 is 11.9 Å². The molecule has 0 bridgehead atoms. The Kier molecular flexibility index (Phi) is 5.13. The number of aromatic amines is 1. The number of rotatable bonds is 7. The summed E-state index contributed by atoms with van der Waals surface area (Å²) in [5.41, 5.74) is 0.779. The number of fused-ring (bicyclic) bond motifs is 1. The molecule has 1 atom stereocenters. The number of nitrogens with zero attached hydrogens (tertiary/aromatic N) is 2. The largest absolute Gasteiger partial charge is 0.481 e. The first-order valence-electron chi connectivity index (χ1n) is 8.79. The summed E-state index contributed by atoms with van der Waals surface area (Å²) in [5.74, 6) is -1.07. The lowest BCUT2D eigenvalue weighted by atomic mass is 10.1. The van der Waals surface area contributed by atoms with Crippen molar-refractivity contribution in [1.82, 2.24) is 14.9 Å². The van der Waals surface area contributed by atoms with E-state index in [0.717, 1.165) is 23.3 Å². The topological polar surface area (TPSA) is 103 Å². The van der Waals surface area contributed by atoms with Gasteiger partial charge in [-0.25, -0.2) is 4.98 Å². The highest BCUT2D eigenvalue weighted by Crippen LogP contribution is 2.29. The maximum Gasteiger partial charge on any atom is 0.308 e. The van der Waals surface area contributed by atoms with Crippen LogP contribution in [0.2, 0.25) is 0 Å². The molecule has 0 saturated heterocycles. The molecule has 7 nitrogen and oxygen atoms in total. The second-order valence-electron chi connectivity index (χ2n) is 6.99. The van der Waals surface area contributed by atoms with Crippen LogP contribution in [-0.4, -0.2) is 44.4 Å². The second kappa shape index (κ2) is 7.19. The summed E-state index contributed by atoms with van der Waals surface area (Å²) in [4.78, 5) is 46.7. The summed E-state index contributed by atoms with van der Waals surface area (Å²) in [6, 6.07) is 0.154. The standard InChI is InChI=1S/C18H23N3O4S/c1-9(18(24)25)8-21(12-4-5-12)14(22)7-6-13-19-16(23)15-10(2)11(3)26-17(15)20-13/h9,12H,4-8H2,1-3H3,(H,24,25)(H,19,20,23). The summed E-state index contributed by atoms with van der Waals surface area (Å²) in [5, 5.41) is 9.71. The lowest BCUT2D eigenvalue weighted by molar-refractivity contribution is -0.143. The van der Waals surface area contributed by atoms with Gasteiger partial charge >= 0.3 is 5.97 Å². The number of H-pyrrole nitrogens is 1. The maximum atomic E-state index is 12.6. The number of aryl methyl sites for hydroxylation is 3. The minimum absolute atomic E-state index is 0.0816. The number of nitrogens with one attached hydrogen (secondary N) is 1. The van der Waals surface area contributed by atoms with Gasteiger partial charge in [0.2, 0.25) is 5.91 Å². The molecule has 1 aliphatic carbocycles. The molecular formula is C18H23N3O4S. The predicted octanol–water partition coefficient (Wildman–Crippen LogP) is 2.25. The van der Waals surface area contributed by atoms with E-state index in [4.69, 9.17) is 5.11 Å². The van der Waals surface area contributed by atoms with Crippen molar-refractivity contribution in [3.8, 4) is 0 Å². The molecule has 140 valence electrons. The van der Waals surface area contributed by atoms with Crippen molar-refractivity contribution in [3.05, 3.63) is 26.6 Å². The Bertz CT molecular complexity index is 913. The number of aliphatic carboxylic acids is 1. The first-order valence-corrected chi connectivity index (χ1v) is 9.60. The summed E-state index contributed by atoms with van der Waals surface area (Å²) < 4.78 is 0. The Hall–Kier alpha value is -2.22. The zero-order valence-corrected chi connectivity index (χ0v) is 16.0. The SMILES string of the molecule is Cc1sc2nc(CCC(=O)N(CC(C)C(=O)O)C3CC3)[nH]c(=O)c2c1C. The van der Waals surface area contributed by atoms with Crippen molar-refractivity contribution in [2.45, 2.75) is 52.5 Å². The van der Waals surface area contributed by atoms with E-state index in [1.54, 1.807) is 11.8 Å². The lowest BCUT2D eigenvalue weighted by Crippen LogP contribution is -2.38. The minimum Gasteiger partial charge on any atom is -0.481 e. The average molecular weight is 377 g/mol. The smallest absolute Gasteiger partial charge is 0.308 e. The molecule has 1 fully saturated rings. The summed E-state index contributed by atoms with van der Waals surface area (Å²) in [6.45, 7) is 5.71. The molecule has 2 aromatic heterocycles. The van der Waals surface area contributed by atoms with Crippen LogP contribution in [0.25, 0.3) is 10.2 Å². The molecule has 0 aromatic carbocycles. The predicted molar refractivity (Wildman–Crippen MR) is 99.6 cm³/mol. The Balaban J connectivity index is 1.71. The monoisotopic (exact) mass is 377 g/mol. The van der Waals surface area contributed by atoms with Crippen LogP contribution in [0, 0.1) is 19.8 Å². The van der Waals surface area contributed by atoms with Crippen LogP contribution in [0.4, 0.5) is 0 Å². The van der Waals surface area contributed by atoms with Gasteiger partial charge in [0.05, 0.1) is 11.3 Å². The van der Waals surface area contributed by atoms with E-state index in [0.29, 0.717) is 22.5 Å². The van der Waals surface area contributed by atoms with E-state index in [1.807, 2.05) is 13.8 Å². The van der Waals surface area contributed by atoms with E-state index in [1.165, 1.54) is 11.3 Å². The number of hydrogen-bond acceptors (Lipinski definition) is 5. The Morgan fingerprint density at radius 2 is 2.08 bits per heavy atom. The maximum absolute atomic E-state index is 12.6. The van der Waals surface area contributed by atoms with Crippen molar-refractivity contribution < 1.29 is 14.7 Å². The first-order chi connectivity index (χ1) is 12.3. The molecule has 0 aliphatic heterocycles. The molecule has 2 heterocycles. The summed E-state index contributed by atoms with van der Waals surface area (Å²) in [6.07, 6.45) is 2.39. The number of hydrogen-bond donors (Lipinski definition) is 2. The summed E-state index contributed by atoms with van der Waals surface area (Å²) >= 11 is 1.48. The second-order valence-corrected chi connectivity index (χ2v) is 8.20. The van der Waals surface area contributed by atoms with Gasteiger partial charge in [-0.1, -0.05) is 6.92 Å². The normalized spacial score (nSPS) is 15.2. The third-order valence-electron chi connectivity index (χ3n) is 4.86. The van der Waals surface area contributed by atoms with Crippen LogP contribution < -0.4 is 5.56 Å². The van der Waals surface area contributed by atoms with Gasteiger partial charge < -0.3 is 15.0 Å². The molecule has 0 radical (unpaired) electrons. The van der Waals surface area contributed by atoms with E-state index in [9.17, 15) is 14.4 Å². The fourth-order valence-corrected chi connectivity index (χ4v) is 4.05. The highest BCUT2D eigenvalue weighted by atomic mass is 32.1. The average Bonchev–Trinajstić information content (AvgIpc) is 3.36. The quantitative estimate of drug-likeness (QED) is 0.770. The molecule has 1 amide bonds. The number of amides is 1. The van der Waals surface area contributed by atoms with Crippen molar-refractivity contribution in [3.63, 3.8) is 0 Å².